The monoisotopic (exact) mass is 594 g/mol. The molecule has 0 aromatic heterocycles. The summed E-state index contributed by atoms with van der Waals surface area (Å²) in [6.45, 7) is 4.46. The Kier molecular flexibility index (Phi) is 24.7. The van der Waals surface area contributed by atoms with E-state index in [2.05, 4.69) is 50.3 Å². The van der Waals surface area contributed by atoms with Crippen LogP contribution in [0.4, 0.5) is 0 Å². The van der Waals surface area contributed by atoms with Crippen molar-refractivity contribution in [2.45, 2.75) is 122 Å². The lowest BCUT2D eigenvalue weighted by Crippen LogP contribution is -2.50. The molecule has 1 N–H and O–H groups in total. The van der Waals surface area contributed by atoms with Gasteiger partial charge in [0.2, 0.25) is 0 Å². The van der Waals surface area contributed by atoms with Gasteiger partial charge in [0.25, 0.3) is 0 Å². The maximum Gasteiger partial charge on any atom is 0.362 e. The molecule has 0 heterocycles. The molecule has 8 nitrogen and oxygen atoms in total. The topological polar surface area (TPSA) is 99.1 Å². The van der Waals surface area contributed by atoms with Crippen LogP contribution in [-0.2, 0) is 28.6 Å². The Bertz CT molecular complexity index is 798. The third kappa shape index (κ3) is 24.2. The number of nitrogens with zero attached hydrogens (tertiary/aromatic N) is 1. The molecule has 0 fully saturated rings. The van der Waals surface area contributed by atoms with E-state index in [0.29, 0.717) is 19.3 Å². The van der Waals surface area contributed by atoms with Crippen molar-refractivity contribution in [3.63, 3.8) is 0 Å². The van der Waals surface area contributed by atoms with Crippen molar-refractivity contribution in [2.24, 2.45) is 0 Å². The zero-order valence-electron chi connectivity index (χ0n) is 27.2. The number of likely N-dealkylation sites (N-methyl/N-ethyl adjacent to an activating group) is 1. The van der Waals surface area contributed by atoms with E-state index in [4.69, 9.17) is 14.2 Å². The average Bonchev–Trinajstić information content (AvgIpc) is 2.92. The second-order valence-corrected chi connectivity index (χ2v) is 11.7. The minimum atomic E-state index is -0.887. The average molecular weight is 595 g/mol. The summed E-state index contributed by atoms with van der Waals surface area (Å²) in [4.78, 5) is 36.4. The maximum atomic E-state index is 12.5. The summed E-state index contributed by atoms with van der Waals surface area (Å²) in [5.74, 6) is -1.57. The third-order valence-electron chi connectivity index (χ3n) is 6.77. The molecule has 0 bridgehead atoms. The van der Waals surface area contributed by atoms with Gasteiger partial charge in [-0.15, -0.1) is 0 Å². The molecule has 0 rings (SSSR count). The molecule has 0 aliphatic carbocycles. The molecule has 0 saturated carbocycles. The van der Waals surface area contributed by atoms with Crippen LogP contribution in [-0.4, -0.2) is 80.6 Å². The lowest BCUT2D eigenvalue weighted by molar-refractivity contribution is -0.887. The number of quaternary nitrogens is 1. The minimum absolute atomic E-state index is 0.0391. The van der Waals surface area contributed by atoms with E-state index in [0.717, 1.165) is 44.9 Å². The highest BCUT2D eigenvalue weighted by Crippen LogP contribution is 2.11. The van der Waals surface area contributed by atoms with Gasteiger partial charge in [0, 0.05) is 19.3 Å². The highest BCUT2D eigenvalue weighted by molar-refractivity contribution is 5.72. The zero-order valence-corrected chi connectivity index (χ0v) is 27.2. The molecule has 0 spiro atoms. The lowest BCUT2D eigenvalue weighted by Gasteiger charge is -2.31. The SMILES string of the molecule is CC/C=C/C/C=C/CCCCC(=O)OCC(COCCC(C(=O)O)[N+](C)(C)C)OC(=O)CCC/C=C/CCCCCC. The van der Waals surface area contributed by atoms with Crippen molar-refractivity contribution in [3.05, 3.63) is 36.5 Å². The first-order valence-corrected chi connectivity index (χ1v) is 16.0. The molecular weight excluding hydrogens is 534 g/mol. The Morgan fingerprint density at radius 1 is 0.738 bits per heavy atom. The van der Waals surface area contributed by atoms with Crippen molar-refractivity contribution >= 4 is 17.9 Å². The number of ether oxygens (including phenoxy) is 3. The molecule has 2 atom stereocenters. The number of rotatable bonds is 27. The lowest BCUT2D eigenvalue weighted by atomic mass is 10.1. The van der Waals surface area contributed by atoms with Crippen LogP contribution >= 0.6 is 0 Å². The molecule has 0 radical (unpaired) electrons. The first-order chi connectivity index (χ1) is 20.1. The van der Waals surface area contributed by atoms with Crippen LogP contribution < -0.4 is 0 Å². The number of hydrogen-bond donors (Lipinski definition) is 1. The summed E-state index contributed by atoms with van der Waals surface area (Å²) >= 11 is 0. The Labute approximate surface area is 255 Å². The van der Waals surface area contributed by atoms with Gasteiger partial charge in [-0.25, -0.2) is 4.79 Å². The molecule has 0 saturated heterocycles. The van der Waals surface area contributed by atoms with Gasteiger partial charge in [0.1, 0.15) is 6.61 Å². The van der Waals surface area contributed by atoms with E-state index in [-0.39, 0.29) is 42.7 Å². The normalized spacial score (nSPS) is 13.6. The number of carbonyl (C=O) groups is 3. The van der Waals surface area contributed by atoms with Crippen LogP contribution in [0.5, 0.6) is 0 Å². The summed E-state index contributed by atoms with van der Waals surface area (Å²) in [5.41, 5.74) is 0. The van der Waals surface area contributed by atoms with Gasteiger partial charge in [-0.3, -0.25) is 9.59 Å². The molecule has 2 unspecified atom stereocenters. The van der Waals surface area contributed by atoms with E-state index < -0.39 is 18.1 Å². The van der Waals surface area contributed by atoms with E-state index in [1.165, 1.54) is 25.7 Å². The van der Waals surface area contributed by atoms with Crippen molar-refractivity contribution in [1.29, 1.82) is 0 Å². The number of hydrogen-bond acceptors (Lipinski definition) is 6. The summed E-state index contributed by atoms with van der Waals surface area (Å²) in [5, 5.41) is 9.52. The van der Waals surface area contributed by atoms with Crippen LogP contribution in [0.15, 0.2) is 36.5 Å². The Hall–Kier alpha value is -2.45. The predicted octanol–water partition coefficient (Wildman–Crippen LogP) is 7.18. The standard InChI is InChI=1S/C34H59NO7/c1-6-8-10-12-14-16-18-20-22-24-32(36)41-29-30(28-40-27-26-31(34(38)39)35(3,4)5)42-33(37)25-23-21-19-17-15-13-11-9-7-2/h8,10,14,16-17,19,30-31H,6-7,9,11-13,15,18,20-29H2,1-5H3/p+1/b10-8+,16-14+,19-17+. The molecule has 0 aliphatic rings. The van der Waals surface area contributed by atoms with Crippen LogP contribution in [0.2, 0.25) is 0 Å². The molecule has 0 aromatic carbocycles. The highest BCUT2D eigenvalue weighted by atomic mass is 16.6. The van der Waals surface area contributed by atoms with E-state index in [1.54, 1.807) is 0 Å². The zero-order chi connectivity index (χ0) is 31.5. The second kappa shape index (κ2) is 26.2. The smallest absolute Gasteiger partial charge is 0.362 e. The minimum Gasteiger partial charge on any atom is -0.477 e. The maximum absolute atomic E-state index is 12.5. The summed E-state index contributed by atoms with van der Waals surface area (Å²) < 4.78 is 17.0. The van der Waals surface area contributed by atoms with Gasteiger partial charge in [-0.1, -0.05) is 69.6 Å². The molecule has 0 amide bonds. The second-order valence-electron chi connectivity index (χ2n) is 11.7. The highest BCUT2D eigenvalue weighted by Gasteiger charge is 2.31. The number of aliphatic carboxylic acids is 1. The first-order valence-electron chi connectivity index (χ1n) is 16.0. The van der Waals surface area contributed by atoms with Gasteiger partial charge in [0.15, 0.2) is 12.1 Å². The van der Waals surface area contributed by atoms with Crippen LogP contribution in [0.3, 0.4) is 0 Å². The first kappa shape index (κ1) is 39.5. The van der Waals surface area contributed by atoms with E-state index in [9.17, 15) is 19.5 Å². The third-order valence-corrected chi connectivity index (χ3v) is 6.77. The van der Waals surface area contributed by atoms with Crippen LogP contribution in [0.25, 0.3) is 0 Å². The van der Waals surface area contributed by atoms with Gasteiger partial charge in [0.05, 0.1) is 34.4 Å². The van der Waals surface area contributed by atoms with Crippen molar-refractivity contribution in [3.8, 4) is 0 Å². The number of esters is 2. The molecule has 8 heteroatoms. The molecule has 242 valence electrons. The van der Waals surface area contributed by atoms with Crippen LogP contribution in [0, 0.1) is 0 Å². The summed E-state index contributed by atoms with van der Waals surface area (Å²) in [6, 6.07) is -0.619. The van der Waals surface area contributed by atoms with Crippen molar-refractivity contribution in [2.75, 3.05) is 41.0 Å². The molecule has 0 aromatic rings. The van der Waals surface area contributed by atoms with Gasteiger partial charge >= 0.3 is 17.9 Å². The van der Waals surface area contributed by atoms with Crippen LogP contribution in [0.1, 0.15) is 110 Å². The fourth-order valence-corrected chi connectivity index (χ4v) is 4.25. The summed E-state index contributed by atoms with van der Waals surface area (Å²) in [6.07, 6.45) is 25.0. The van der Waals surface area contributed by atoms with Gasteiger partial charge in [-0.2, -0.15) is 0 Å². The number of allylic oxidation sites excluding steroid dienone is 6. The van der Waals surface area contributed by atoms with E-state index >= 15 is 0 Å². The number of carbonyl (C=O) groups excluding carboxylic acids is 2. The Morgan fingerprint density at radius 3 is 2.00 bits per heavy atom. The van der Waals surface area contributed by atoms with Crippen molar-refractivity contribution in [1.82, 2.24) is 0 Å². The Balaban J connectivity index is 4.61. The molecular formula is C34H60NO7+. The van der Waals surface area contributed by atoms with E-state index in [1.807, 2.05) is 21.1 Å². The predicted molar refractivity (Wildman–Crippen MR) is 169 cm³/mol. The fraction of sp³-hybridized carbons (Fsp3) is 0.735. The number of carboxylic acid groups (broad SMARTS) is 1. The number of unbranched alkanes of at least 4 members (excludes halogenated alkanes) is 7. The molecule has 0 aliphatic heterocycles. The largest absolute Gasteiger partial charge is 0.477 e. The summed E-state index contributed by atoms with van der Waals surface area (Å²) in [7, 11) is 5.48. The fourth-order valence-electron chi connectivity index (χ4n) is 4.25. The van der Waals surface area contributed by atoms with Gasteiger partial charge in [-0.05, 0) is 57.8 Å². The van der Waals surface area contributed by atoms with Crippen molar-refractivity contribution < 1.29 is 38.2 Å². The Morgan fingerprint density at radius 2 is 1.36 bits per heavy atom. The molecule has 42 heavy (non-hydrogen) atoms. The number of carboxylic acids is 1. The quantitative estimate of drug-likeness (QED) is 0.0465. The van der Waals surface area contributed by atoms with Gasteiger partial charge < -0.3 is 23.8 Å².